The maximum absolute atomic E-state index is 13.4. The van der Waals surface area contributed by atoms with E-state index in [9.17, 15) is 9.65 Å². The highest BCUT2D eigenvalue weighted by Crippen LogP contribution is 2.44. The molecular weight excluding hydrogens is 343 g/mol. The minimum Gasteiger partial charge on any atom is -0.422 e. The van der Waals surface area contributed by atoms with Crippen molar-refractivity contribution >= 4 is 0 Å². The molecule has 2 aromatic carbocycles. The number of aryl methyl sites for hydroxylation is 2. The lowest BCUT2D eigenvalue weighted by molar-refractivity contribution is 0.367. The van der Waals surface area contributed by atoms with Crippen molar-refractivity contribution in [2.24, 2.45) is 5.73 Å². The number of nitrogens with two attached hydrogens (primary N) is 1. The molecule has 0 radical (unpaired) electrons. The van der Waals surface area contributed by atoms with E-state index in [-0.39, 0.29) is 11.7 Å². The number of fused-ring (bicyclic) bond motifs is 1. The lowest BCUT2D eigenvalue weighted by Gasteiger charge is -2.24. The number of hydrogen-bond donors (Lipinski definition) is 1. The summed E-state index contributed by atoms with van der Waals surface area (Å²) in [6.45, 7) is 3.87. The minimum absolute atomic E-state index is 0.0348. The molecule has 0 aliphatic carbocycles. The van der Waals surface area contributed by atoms with E-state index in [1.54, 1.807) is 16.8 Å². The first-order valence-corrected chi connectivity index (χ1v) is 8.49. The van der Waals surface area contributed by atoms with Gasteiger partial charge < -0.3 is 10.5 Å². The van der Waals surface area contributed by atoms with Gasteiger partial charge in [0, 0.05) is 0 Å². The number of benzene rings is 2. The predicted octanol–water partition coefficient (Wildman–Crippen LogP) is 3.85. The molecule has 5 nitrogen and oxygen atoms in total. The average molecular weight is 360 g/mol. The fraction of sp³-hybridized carbons (Fsp3) is 0.143. The van der Waals surface area contributed by atoms with Crippen LogP contribution in [0.25, 0.3) is 5.69 Å². The zero-order valence-electron chi connectivity index (χ0n) is 14.9. The number of nitriles is 1. The number of nitrogens with zero attached hydrogens (tertiary/aromatic N) is 3. The van der Waals surface area contributed by atoms with Gasteiger partial charge in [0.15, 0.2) is 0 Å². The first-order valence-electron chi connectivity index (χ1n) is 8.49. The van der Waals surface area contributed by atoms with Crippen molar-refractivity contribution in [2.75, 3.05) is 0 Å². The zero-order chi connectivity index (χ0) is 19.1. The molecule has 0 fully saturated rings. The lowest BCUT2D eigenvalue weighted by Crippen LogP contribution is -2.22. The normalized spacial score (nSPS) is 15.9. The second-order valence-corrected chi connectivity index (χ2v) is 6.53. The third-order valence-electron chi connectivity index (χ3n) is 4.71. The van der Waals surface area contributed by atoms with Crippen LogP contribution in [0.4, 0.5) is 4.39 Å². The number of halogens is 1. The highest BCUT2D eigenvalue weighted by molar-refractivity contribution is 5.57. The lowest BCUT2D eigenvalue weighted by atomic mass is 9.84. The largest absolute Gasteiger partial charge is 0.422 e. The fourth-order valence-corrected chi connectivity index (χ4v) is 3.36. The molecule has 1 atom stereocenters. The molecule has 0 unspecified atom stereocenters. The smallest absolute Gasteiger partial charge is 0.229 e. The van der Waals surface area contributed by atoms with Crippen LogP contribution < -0.4 is 10.5 Å². The van der Waals surface area contributed by atoms with Crippen LogP contribution >= 0.6 is 0 Å². The molecule has 134 valence electrons. The molecule has 6 heteroatoms. The van der Waals surface area contributed by atoms with Crippen molar-refractivity contribution < 1.29 is 9.13 Å². The van der Waals surface area contributed by atoms with Crippen LogP contribution in [0, 0.1) is 31.0 Å². The van der Waals surface area contributed by atoms with Crippen LogP contribution in [0.3, 0.4) is 0 Å². The van der Waals surface area contributed by atoms with Gasteiger partial charge in [0.05, 0.1) is 22.9 Å². The highest BCUT2D eigenvalue weighted by atomic mass is 19.1. The predicted molar refractivity (Wildman–Crippen MR) is 98.7 cm³/mol. The van der Waals surface area contributed by atoms with Gasteiger partial charge >= 0.3 is 0 Å². The fourth-order valence-electron chi connectivity index (χ4n) is 3.36. The molecule has 0 bridgehead atoms. The SMILES string of the molecule is Cc1ccc(-n2nc(C)c3c2OC(N)=C(C#N)[C@H]3c2ccc(F)cc2)cc1. The van der Waals surface area contributed by atoms with Crippen molar-refractivity contribution in [3.8, 4) is 17.6 Å². The van der Waals surface area contributed by atoms with Crippen LogP contribution in [-0.4, -0.2) is 9.78 Å². The molecule has 4 rings (SSSR count). The minimum atomic E-state index is -0.460. The number of rotatable bonds is 2. The summed E-state index contributed by atoms with van der Waals surface area (Å²) >= 11 is 0. The van der Waals surface area contributed by atoms with Crippen LogP contribution in [0.2, 0.25) is 0 Å². The van der Waals surface area contributed by atoms with Crippen molar-refractivity contribution in [1.29, 1.82) is 5.26 Å². The summed E-state index contributed by atoms with van der Waals surface area (Å²) in [7, 11) is 0. The standard InChI is InChI=1S/C21H17FN4O/c1-12-3-9-16(10-4-12)26-21-18(13(2)25-26)19(17(11-23)20(24)27-21)14-5-7-15(22)8-6-14/h3-10,19H,24H2,1-2H3/t19-/m1/s1. The topological polar surface area (TPSA) is 76.9 Å². The van der Waals surface area contributed by atoms with Crippen LogP contribution in [0.15, 0.2) is 60.0 Å². The molecule has 27 heavy (non-hydrogen) atoms. The molecule has 0 amide bonds. The van der Waals surface area contributed by atoms with Crippen molar-refractivity contribution in [3.05, 3.63) is 88.2 Å². The van der Waals surface area contributed by atoms with Gasteiger partial charge in [-0.1, -0.05) is 29.8 Å². The summed E-state index contributed by atoms with van der Waals surface area (Å²) in [6, 6.07) is 16.0. The Morgan fingerprint density at radius 3 is 2.41 bits per heavy atom. The Morgan fingerprint density at radius 2 is 1.78 bits per heavy atom. The van der Waals surface area contributed by atoms with Gasteiger partial charge in [-0.25, -0.2) is 9.07 Å². The van der Waals surface area contributed by atoms with Gasteiger partial charge in [0.1, 0.15) is 17.5 Å². The van der Waals surface area contributed by atoms with Gasteiger partial charge in [-0.3, -0.25) is 0 Å². The second-order valence-electron chi connectivity index (χ2n) is 6.53. The molecule has 0 saturated carbocycles. The third-order valence-corrected chi connectivity index (χ3v) is 4.71. The van der Waals surface area contributed by atoms with E-state index in [1.807, 2.05) is 38.1 Å². The summed E-state index contributed by atoms with van der Waals surface area (Å²) < 4.78 is 20.9. The Balaban J connectivity index is 1.93. The van der Waals surface area contributed by atoms with Gasteiger partial charge in [0.25, 0.3) is 0 Å². The Kier molecular flexibility index (Phi) is 3.93. The van der Waals surface area contributed by atoms with E-state index in [4.69, 9.17) is 10.5 Å². The van der Waals surface area contributed by atoms with Gasteiger partial charge in [-0.05, 0) is 43.7 Å². The van der Waals surface area contributed by atoms with Gasteiger partial charge in [-0.15, -0.1) is 0 Å². The monoisotopic (exact) mass is 360 g/mol. The van der Waals surface area contributed by atoms with E-state index in [2.05, 4.69) is 11.2 Å². The second kappa shape index (κ2) is 6.29. The van der Waals surface area contributed by atoms with E-state index >= 15 is 0 Å². The summed E-state index contributed by atoms with van der Waals surface area (Å²) in [5.74, 6) is -0.290. The zero-order valence-corrected chi connectivity index (χ0v) is 14.9. The van der Waals surface area contributed by atoms with E-state index in [1.165, 1.54) is 12.1 Å². The summed E-state index contributed by atoms with van der Waals surface area (Å²) in [5.41, 5.74) is 10.6. The van der Waals surface area contributed by atoms with Gasteiger partial charge in [-0.2, -0.15) is 10.4 Å². The Labute approximate surface area is 156 Å². The number of allylic oxidation sites excluding steroid dienone is 1. The van der Waals surface area contributed by atoms with Crippen molar-refractivity contribution in [3.63, 3.8) is 0 Å². The maximum atomic E-state index is 13.4. The molecule has 2 heterocycles. The quantitative estimate of drug-likeness (QED) is 0.753. The maximum Gasteiger partial charge on any atom is 0.229 e. The molecule has 2 N–H and O–H groups in total. The first-order chi connectivity index (χ1) is 13.0. The summed E-state index contributed by atoms with van der Waals surface area (Å²) in [5, 5.41) is 14.3. The average Bonchev–Trinajstić information content (AvgIpc) is 2.98. The van der Waals surface area contributed by atoms with Crippen molar-refractivity contribution in [2.45, 2.75) is 19.8 Å². The van der Waals surface area contributed by atoms with Gasteiger partial charge in [0.2, 0.25) is 11.8 Å². The molecule has 1 aliphatic rings. The third kappa shape index (κ3) is 2.74. The molecular formula is C21H17FN4O. The van der Waals surface area contributed by atoms with E-state index < -0.39 is 5.92 Å². The van der Waals surface area contributed by atoms with E-state index in [0.29, 0.717) is 11.5 Å². The number of hydrogen-bond acceptors (Lipinski definition) is 4. The Morgan fingerprint density at radius 1 is 1.11 bits per heavy atom. The Hall–Kier alpha value is -3.59. The van der Waals surface area contributed by atoms with Crippen LogP contribution in [0.5, 0.6) is 5.88 Å². The summed E-state index contributed by atoms with van der Waals surface area (Å²) in [4.78, 5) is 0. The number of ether oxygens (including phenoxy) is 1. The van der Waals surface area contributed by atoms with E-state index in [0.717, 1.165) is 28.1 Å². The highest BCUT2D eigenvalue weighted by Gasteiger charge is 2.36. The molecule has 0 saturated heterocycles. The molecule has 1 aliphatic heterocycles. The summed E-state index contributed by atoms with van der Waals surface area (Å²) in [6.07, 6.45) is 0. The van der Waals surface area contributed by atoms with Crippen molar-refractivity contribution in [1.82, 2.24) is 9.78 Å². The Bertz CT molecular complexity index is 1090. The van der Waals surface area contributed by atoms with Crippen LogP contribution in [-0.2, 0) is 0 Å². The van der Waals surface area contributed by atoms with Crippen LogP contribution in [0.1, 0.15) is 28.3 Å². The number of aromatic nitrogens is 2. The first kappa shape index (κ1) is 16.9. The molecule has 1 aromatic heterocycles. The molecule has 0 spiro atoms. The molecule has 3 aromatic rings.